The molecule has 14 heteroatoms. The first kappa shape index (κ1) is 45.5. The molecular weight excluding hydrogens is 808 g/mol. The van der Waals surface area contributed by atoms with Gasteiger partial charge in [-0.1, -0.05) is 23.2 Å². The molecule has 2 aliphatic rings. The summed E-state index contributed by atoms with van der Waals surface area (Å²) in [5, 5.41) is 2.77. The fourth-order valence-electron chi connectivity index (χ4n) is 4.14. The number of carbonyl (C=O) groups is 4. The third-order valence-electron chi connectivity index (χ3n) is 6.59. The summed E-state index contributed by atoms with van der Waals surface area (Å²) in [6, 6.07) is 8.23. The largest absolute Gasteiger partial charge is 0.444 e. The second-order valence-corrected chi connectivity index (χ2v) is 15.7. The Balaban J connectivity index is 0.000000376. The molecule has 0 bridgehead atoms. The summed E-state index contributed by atoms with van der Waals surface area (Å²) in [5.41, 5.74) is -0.750. The van der Waals surface area contributed by atoms with Gasteiger partial charge in [0.15, 0.2) is 5.78 Å². The smallest absolute Gasteiger partial charge is 0.417 e. The number of Topliss-reactive ketones (excluding diaryl/α,β-unsaturated/α-hetero) is 1. The topological polar surface area (TPSA) is 111 Å². The Morgan fingerprint density at radius 1 is 0.960 bits per heavy atom. The van der Waals surface area contributed by atoms with E-state index in [-0.39, 0.29) is 46.1 Å². The lowest BCUT2D eigenvalue weighted by molar-refractivity contribution is -0.127. The van der Waals surface area contributed by atoms with Gasteiger partial charge < -0.3 is 19.5 Å². The maximum absolute atomic E-state index is 13.1. The number of ether oxygens (including phenoxy) is 3. The highest BCUT2D eigenvalue weighted by Crippen LogP contribution is 2.22. The molecule has 0 saturated carbocycles. The summed E-state index contributed by atoms with van der Waals surface area (Å²) in [7, 11) is 0. The highest BCUT2D eigenvalue weighted by atomic mass is 127. The fourth-order valence-corrected chi connectivity index (χ4v) is 5.18. The number of benzene rings is 2. The van der Waals surface area contributed by atoms with Gasteiger partial charge in [-0.3, -0.25) is 9.59 Å². The van der Waals surface area contributed by atoms with Crippen molar-refractivity contribution in [3.05, 3.63) is 67.2 Å². The molecule has 2 atom stereocenters. The molecule has 2 fully saturated rings. The van der Waals surface area contributed by atoms with Gasteiger partial charge in [0.1, 0.15) is 22.8 Å². The predicted molar refractivity (Wildman–Crippen MR) is 200 cm³/mol. The Bertz CT molecular complexity index is 1420. The Morgan fingerprint density at radius 2 is 1.50 bits per heavy atom. The highest BCUT2D eigenvalue weighted by molar-refractivity contribution is 14.1. The summed E-state index contributed by atoms with van der Waals surface area (Å²) in [6.07, 6.45) is 3.37. The van der Waals surface area contributed by atoms with Crippen molar-refractivity contribution in [3.63, 3.8) is 0 Å². The quantitative estimate of drug-likeness (QED) is 0.181. The molecule has 2 aromatic carbocycles. The first-order valence-corrected chi connectivity index (χ1v) is 18.1. The Labute approximate surface area is 318 Å². The normalized spacial score (nSPS) is 16.1. The number of imide groups is 1. The van der Waals surface area contributed by atoms with Gasteiger partial charge >= 0.3 is 12.2 Å². The number of ketones is 1. The van der Waals surface area contributed by atoms with Crippen molar-refractivity contribution in [1.29, 1.82) is 0 Å². The Kier molecular flexibility index (Phi) is 19.8. The molecule has 0 aliphatic carbocycles. The van der Waals surface area contributed by atoms with Crippen LogP contribution in [0.15, 0.2) is 36.4 Å². The van der Waals surface area contributed by atoms with E-state index < -0.39 is 29.2 Å². The predicted octanol–water partition coefficient (Wildman–Crippen LogP) is 10.2. The first-order valence-electron chi connectivity index (χ1n) is 16.3. The zero-order valence-corrected chi connectivity index (χ0v) is 33.6. The van der Waals surface area contributed by atoms with Crippen LogP contribution in [0.5, 0.6) is 0 Å². The van der Waals surface area contributed by atoms with Gasteiger partial charge in [-0.15, -0.1) is 0 Å². The molecule has 2 aliphatic heterocycles. The standard InChI is InChI=1S/C16H21ClFNO3.C10H17NO3.C6H3ClFI.C4H8O/c1-10(19-15(21)22-16(2,3)4)5-8-14(20)11-6-7-13(18)12(17)9-11;1-7-5-6-8(12)11(7)9(13)14-10(2,3)4;7-5-3-4(9)1-2-6(5)8;1-2-4-5-3-1/h6-7,9-10H,5,8H2,1-4H3,(H,19,21);7H,5-6H2,1-4H3;1-3H;1-4H2/t10-;7-;;/m00../s1. The molecule has 3 amide bonds. The summed E-state index contributed by atoms with van der Waals surface area (Å²) >= 11 is 13.2. The summed E-state index contributed by atoms with van der Waals surface area (Å²) in [5.74, 6) is -1.21. The molecule has 0 aromatic heterocycles. The number of nitrogens with zero attached hydrogens (tertiary/aromatic N) is 1. The van der Waals surface area contributed by atoms with Crippen molar-refractivity contribution in [2.75, 3.05) is 13.2 Å². The number of amides is 3. The number of hydrogen-bond donors (Lipinski definition) is 1. The SMILES string of the molecule is C1CCOC1.C[C@@H](CCC(=O)c1ccc(F)c(Cl)c1)NC(=O)OC(C)(C)C.C[C@H]1CCC(=O)N1C(=O)OC(C)(C)C.Fc1ccc(I)cc1Cl. The average Bonchev–Trinajstić information content (AvgIpc) is 3.67. The van der Waals surface area contributed by atoms with Crippen molar-refractivity contribution < 1.29 is 42.2 Å². The molecule has 2 saturated heterocycles. The van der Waals surface area contributed by atoms with Gasteiger partial charge in [-0.25, -0.2) is 23.3 Å². The Hall–Kier alpha value is -2.55. The van der Waals surface area contributed by atoms with Crippen LogP contribution in [0, 0.1) is 15.2 Å². The number of carbonyl (C=O) groups excluding carboxylic acids is 4. The molecule has 0 radical (unpaired) electrons. The van der Waals surface area contributed by atoms with Crippen LogP contribution in [0.4, 0.5) is 18.4 Å². The van der Waals surface area contributed by atoms with Crippen LogP contribution in [-0.4, -0.2) is 65.3 Å². The van der Waals surface area contributed by atoms with E-state index in [2.05, 4.69) is 27.9 Å². The van der Waals surface area contributed by atoms with Crippen LogP contribution in [0.3, 0.4) is 0 Å². The number of nitrogens with one attached hydrogen (secondary N) is 1. The molecule has 0 unspecified atom stereocenters. The maximum atomic E-state index is 13.1. The van der Waals surface area contributed by atoms with Crippen LogP contribution in [-0.2, 0) is 19.0 Å². The third-order valence-corrected chi connectivity index (χ3v) is 7.84. The lowest BCUT2D eigenvalue weighted by Gasteiger charge is -2.25. The highest BCUT2D eigenvalue weighted by Gasteiger charge is 2.35. The van der Waals surface area contributed by atoms with E-state index in [0.717, 1.165) is 29.3 Å². The second-order valence-electron chi connectivity index (χ2n) is 13.6. The van der Waals surface area contributed by atoms with Gasteiger partial charge in [0.05, 0.1) is 10.0 Å². The van der Waals surface area contributed by atoms with E-state index >= 15 is 0 Å². The van der Waals surface area contributed by atoms with Gasteiger partial charge in [-0.05, 0) is 140 Å². The van der Waals surface area contributed by atoms with E-state index in [1.54, 1.807) is 60.6 Å². The second kappa shape index (κ2) is 21.7. The van der Waals surface area contributed by atoms with Crippen LogP contribution in [0.1, 0.15) is 104 Å². The van der Waals surface area contributed by atoms with Crippen LogP contribution >= 0.6 is 45.8 Å². The molecule has 2 aromatic rings. The van der Waals surface area contributed by atoms with Crippen molar-refractivity contribution in [2.24, 2.45) is 0 Å². The minimum atomic E-state index is -0.565. The van der Waals surface area contributed by atoms with Crippen molar-refractivity contribution in [2.45, 2.75) is 117 Å². The average molecular weight is 858 g/mol. The number of halogens is 5. The minimum absolute atomic E-state index is 0.0302. The minimum Gasteiger partial charge on any atom is -0.444 e. The monoisotopic (exact) mass is 856 g/mol. The van der Waals surface area contributed by atoms with Crippen molar-refractivity contribution >= 4 is 69.7 Å². The third kappa shape index (κ3) is 19.2. The zero-order valence-electron chi connectivity index (χ0n) is 30.0. The number of hydrogen-bond acceptors (Lipinski definition) is 7. The van der Waals surface area contributed by atoms with Crippen molar-refractivity contribution in [3.8, 4) is 0 Å². The van der Waals surface area contributed by atoms with E-state index in [9.17, 15) is 28.0 Å². The van der Waals surface area contributed by atoms with Crippen LogP contribution < -0.4 is 5.32 Å². The molecule has 1 N–H and O–H groups in total. The maximum Gasteiger partial charge on any atom is 0.417 e. The van der Waals surface area contributed by atoms with E-state index in [1.807, 2.05) is 6.92 Å². The van der Waals surface area contributed by atoms with Gasteiger partial charge in [0, 0.05) is 47.3 Å². The lowest BCUT2D eigenvalue weighted by Crippen LogP contribution is -2.41. The molecule has 4 rings (SSSR count). The molecule has 9 nitrogen and oxygen atoms in total. The lowest BCUT2D eigenvalue weighted by atomic mass is 10.0. The first-order chi connectivity index (χ1) is 23.1. The number of rotatable bonds is 5. The zero-order chi connectivity index (χ0) is 38.2. The van der Waals surface area contributed by atoms with E-state index in [4.69, 9.17) is 37.4 Å². The van der Waals surface area contributed by atoms with E-state index in [1.165, 1.54) is 35.9 Å². The fraction of sp³-hybridized carbons (Fsp3) is 0.556. The molecule has 280 valence electrons. The summed E-state index contributed by atoms with van der Waals surface area (Å²) in [6.45, 7) is 16.3. The molecular formula is C36H49Cl2F2IN2O7. The van der Waals surface area contributed by atoms with Crippen LogP contribution in [0.2, 0.25) is 10.0 Å². The molecule has 0 spiro atoms. The molecule has 50 heavy (non-hydrogen) atoms. The molecule has 2 heterocycles. The van der Waals surface area contributed by atoms with Crippen molar-refractivity contribution in [1.82, 2.24) is 10.2 Å². The van der Waals surface area contributed by atoms with Gasteiger partial charge in [0.2, 0.25) is 5.91 Å². The van der Waals surface area contributed by atoms with E-state index in [0.29, 0.717) is 18.4 Å². The Morgan fingerprint density at radius 3 is 1.92 bits per heavy atom. The number of likely N-dealkylation sites (tertiary alicyclic amines) is 1. The number of alkyl carbamates (subject to hydrolysis) is 1. The van der Waals surface area contributed by atoms with Crippen LogP contribution in [0.25, 0.3) is 0 Å². The van der Waals surface area contributed by atoms with Gasteiger partial charge in [-0.2, -0.15) is 0 Å². The summed E-state index contributed by atoms with van der Waals surface area (Å²) in [4.78, 5) is 47.7. The van der Waals surface area contributed by atoms with Gasteiger partial charge in [0.25, 0.3) is 0 Å². The summed E-state index contributed by atoms with van der Waals surface area (Å²) < 4.78 is 41.6.